The largest absolute Gasteiger partial charge is 0.497 e. The molecule has 0 aliphatic rings. The highest BCUT2D eigenvalue weighted by Gasteiger charge is 2.22. The van der Waals surface area contributed by atoms with Crippen molar-refractivity contribution in [2.75, 3.05) is 19.0 Å². The molecule has 0 amide bonds. The number of halogens is 1. The monoisotopic (exact) mass is 387 g/mol. The van der Waals surface area contributed by atoms with Gasteiger partial charge in [0.05, 0.1) is 13.7 Å². The highest BCUT2D eigenvalue weighted by Crippen LogP contribution is 2.25. The number of methoxy groups -OCH3 is 1. The lowest BCUT2D eigenvalue weighted by atomic mass is 9.90. The summed E-state index contributed by atoms with van der Waals surface area (Å²) in [5.41, 5.74) is 0.402. The van der Waals surface area contributed by atoms with Gasteiger partial charge in [0.25, 0.3) is 0 Å². The Labute approximate surface area is 163 Å². The van der Waals surface area contributed by atoms with Crippen LogP contribution in [0.1, 0.15) is 36.7 Å². The van der Waals surface area contributed by atoms with Crippen LogP contribution in [0.2, 0.25) is 5.15 Å². The Bertz CT molecular complexity index is 871. The van der Waals surface area contributed by atoms with Gasteiger partial charge in [-0.05, 0) is 24.3 Å². The van der Waals surface area contributed by atoms with E-state index >= 15 is 0 Å². The summed E-state index contributed by atoms with van der Waals surface area (Å²) in [7, 11) is 1.52. The molecule has 142 valence electrons. The van der Waals surface area contributed by atoms with Gasteiger partial charge in [0.2, 0.25) is 5.78 Å². The fourth-order valence-electron chi connectivity index (χ4n) is 2.23. The maximum Gasteiger partial charge on any atom is 0.212 e. The molecule has 0 spiro atoms. The molecule has 27 heavy (non-hydrogen) atoms. The summed E-state index contributed by atoms with van der Waals surface area (Å²) >= 11 is 5.75. The molecule has 0 saturated heterocycles. The number of benzene rings is 1. The number of carbonyl (C=O) groups is 2. The molecule has 0 bridgehead atoms. The molecule has 7 heteroatoms. The van der Waals surface area contributed by atoms with Crippen LogP contribution in [0.4, 0.5) is 5.69 Å². The van der Waals surface area contributed by atoms with Crippen LogP contribution < -0.4 is 10.1 Å². The molecule has 2 N–H and O–H groups in total. The normalized spacial score (nSPS) is 11.0. The topological polar surface area (TPSA) is 92.1 Å². The van der Waals surface area contributed by atoms with Gasteiger partial charge in [0.1, 0.15) is 16.6 Å². The van der Waals surface area contributed by atoms with Crippen LogP contribution in [0.5, 0.6) is 5.75 Å². The molecule has 1 aromatic carbocycles. The maximum atomic E-state index is 12.6. The van der Waals surface area contributed by atoms with Gasteiger partial charge in [-0.25, -0.2) is 4.98 Å². The lowest BCUT2D eigenvalue weighted by molar-refractivity contribution is -0.124. The minimum Gasteiger partial charge on any atom is -0.497 e. The van der Waals surface area contributed by atoms with Crippen molar-refractivity contribution in [3.05, 3.63) is 52.8 Å². The SMILES string of the molecule is COc1ccc(C(=N)C(=O)c2ccc(Cl)nc2)c(NCC(=O)C(C)(C)C)c1. The summed E-state index contributed by atoms with van der Waals surface area (Å²) in [5.74, 6) is 0.0726. The van der Waals surface area contributed by atoms with Gasteiger partial charge in [0.15, 0.2) is 5.78 Å². The third-order valence-corrected chi connectivity index (χ3v) is 4.21. The van der Waals surface area contributed by atoms with E-state index in [0.29, 0.717) is 17.0 Å². The predicted octanol–water partition coefficient (Wildman–Crippen LogP) is 4.02. The standard InChI is InChI=1S/C20H22ClN3O3/c1-20(2,3)16(25)11-23-15-9-13(27-4)6-7-14(15)18(22)19(26)12-5-8-17(21)24-10-12/h5-10,22-23H,11H2,1-4H3. The summed E-state index contributed by atoms with van der Waals surface area (Å²) in [4.78, 5) is 28.7. The van der Waals surface area contributed by atoms with Crippen molar-refractivity contribution in [3.8, 4) is 5.75 Å². The van der Waals surface area contributed by atoms with Crippen molar-refractivity contribution >= 4 is 34.6 Å². The Morgan fingerprint density at radius 3 is 2.48 bits per heavy atom. The van der Waals surface area contributed by atoms with Crippen LogP contribution in [-0.2, 0) is 4.79 Å². The van der Waals surface area contributed by atoms with Crippen molar-refractivity contribution < 1.29 is 14.3 Å². The average Bonchev–Trinajstić information content (AvgIpc) is 2.64. The van der Waals surface area contributed by atoms with Crippen LogP contribution in [-0.4, -0.2) is 35.9 Å². The van der Waals surface area contributed by atoms with Crippen LogP contribution >= 0.6 is 11.6 Å². The number of hydrogen-bond donors (Lipinski definition) is 2. The molecule has 1 heterocycles. The summed E-state index contributed by atoms with van der Waals surface area (Å²) < 4.78 is 5.22. The molecule has 0 aliphatic heterocycles. The van der Waals surface area contributed by atoms with E-state index in [4.69, 9.17) is 21.7 Å². The number of rotatable bonds is 7. The summed E-state index contributed by atoms with van der Waals surface area (Å²) in [6.07, 6.45) is 1.33. The fourth-order valence-corrected chi connectivity index (χ4v) is 2.34. The van der Waals surface area contributed by atoms with Crippen LogP contribution in [0, 0.1) is 10.8 Å². The molecule has 6 nitrogen and oxygen atoms in total. The Balaban J connectivity index is 2.31. The van der Waals surface area contributed by atoms with Crippen LogP contribution in [0.15, 0.2) is 36.5 Å². The number of aromatic nitrogens is 1. The molecular weight excluding hydrogens is 366 g/mol. The Morgan fingerprint density at radius 2 is 1.93 bits per heavy atom. The molecule has 2 rings (SSSR count). The van der Waals surface area contributed by atoms with E-state index in [2.05, 4.69) is 10.3 Å². The maximum absolute atomic E-state index is 12.6. The number of pyridine rings is 1. The number of ketones is 2. The molecule has 0 saturated carbocycles. The van der Waals surface area contributed by atoms with Gasteiger partial charge in [-0.1, -0.05) is 32.4 Å². The molecule has 0 radical (unpaired) electrons. The Hall–Kier alpha value is -2.73. The third-order valence-electron chi connectivity index (χ3n) is 3.99. The fraction of sp³-hybridized carbons (Fsp3) is 0.300. The number of ether oxygens (including phenoxy) is 1. The molecule has 0 fully saturated rings. The minimum atomic E-state index is -0.496. The van der Waals surface area contributed by atoms with E-state index in [9.17, 15) is 9.59 Å². The zero-order valence-electron chi connectivity index (χ0n) is 15.7. The second kappa shape index (κ2) is 8.31. The van der Waals surface area contributed by atoms with E-state index in [0.717, 1.165) is 0 Å². The molecule has 0 aliphatic carbocycles. The second-order valence-electron chi connectivity index (χ2n) is 7.01. The Kier molecular flexibility index (Phi) is 6.33. The highest BCUT2D eigenvalue weighted by molar-refractivity contribution is 6.51. The van der Waals surface area contributed by atoms with Crippen LogP contribution in [0.3, 0.4) is 0 Å². The molecule has 0 atom stereocenters. The molecule has 2 aromatic rings. The van der Waals surface area contributed by atoms with E-state index < -0.39 is 11.2 Å². The molecule has 1 aromatic heterocycles. The number of nitrogens with one attached hydrogen (secondary N) is 2. The van der Waals surface area contributed by atoms with E-state index in [1.165, 1.54) is 25.4 Å². The quantitative estimate of drug-likeness (QED) is 0.425. The first-order valence-corrected chi connectivity index (χ1v) is 8.71. The van der Waals surface area contributed by atoms with Crippen molar-refractivity contribution in [2.45, 2.75) is 20.8 Å². The van der Waals surface area contributed by atoms with E-state index in [-0.39, 0.29) is 28.8 Å². The third kappa shape index (κ3) is 5.14. The van der Waals surface area contributed by atoms with Gasteiger partial charge >= 0.3 is 0 Å². The van der Waals surface area contributed by atoms with Crippen molar-refractivity contribution in [3.63, 3.8) is 0 Å². The van der Waals surface area contributed by atoms with Crippen LogP contribution in [0.25, 0.3) is 0 Å². The first-order valence-electron chi connectivity index (χ1n) is 8.34. The zero-order chi connectivity index (χ0) is 20.2. The number of carbonyl (C=O) groups excluding carboxylic acids is 2. The molecular formula is C20H22ClN3O3. The van der Waals surface area contributed by atoms with Crippen molar-refractivity contribution in [2.24, 2.45) is 5.41 Å². The number of nitrogens with zero attached hydrogens (tertiary/aromatic N) is 1. The molecule has 0 unspecified atom stereocenters. The van der Waals surface area contributed by atoms with E-state index in [1.807, 2.05) is 20.8 Å². The lowest BCUT2D eigenvalue weighted by Crippen LogP contribution is -2.28. The van der Waals surface area contributed by atoms with Gasteiger partial charge < -0.3 is 10.1 Å². The van der Waals surface area contributed by atoms with E-state index in [1.54, 1.807) is 18.2 Å². The zero-order valence-corrected chi connectivity index (χ0v) is 16.5. The lowest BCUT2D eigenvalue weighted by Gasteiger charge is -2.19. The van der Waals surface area contributed by atoms with Crippen molar-refractivity contribution in [1.82, 2.24) is 4.98 Å². The highest BCUT2D eigenvalue weighted by atomic mass is 35.5. The summed E-state index contributed by atoms with van der Waals surface area (Å²) in [5, 5.41) is 11.6. The van der Waals surface area contributed by atoms with Gasteiger partial charge in [-0.3, -0.25) is 15.0 Å². The first-order chi connectivity index (χ1) is 12.6. The smallest absolute Gasteiger partial charge is 0.212 e. The second-order valence-corrected chi connectivity index (χ2v) is 7.40. The number of anilines is 1. The Morgan fingerprint density at radius 1 is 1.22 bits per heavy atom. The van der Waals surface area contributed by atoms with Crippen molar-refractivity contribution in [1.29, 1.82) is 5.41 Å². The minimum absolute atomic E-state index is 0.0102. The summed E-state index contributed by atoms with van der Waals surface area (Å²) in [6.45, 7) is 5.58. The number of hydrogen-bond acceptors (Lipinski definition) is 6. The first kappa shape index (κ1) is 20.6. The van der Waals surface area contributed by atoms with Gasteiger partial charge in [-0.2, -0.15) is 0 Å². The summed E-state index contributed by atoms with van der Waals surface area (Å²) in [6, 6.07) is 7.96. The average molecular weight is 388 g/mol. The number of Topliss-reactive ketones (excluding diaryl/α,β-unsaturated/α-hetero) is 2. The predicted molar refractivity (Wildman–Crippen MR) is 106 cm³/mol. The van der Waals surface area contributed by atoms with Gasteiger partial charge in [0, 0.05) is 34.5 Å². The van der Waals surface area contributed by atoms with Gasteiger partial charge in [-0.15, -0.1) is 0 Å².